The fraction of sp³-hybridized carbons (Fsp3) is 0.600. The molecule has 3 nitrogen and oxygen atoms in total. The number of rotatable bonds is 5. The third-order valence-electron chi connectivity index (χ3n) is 2.06. The van der Waals surface area contributed by atoms with Crippen molar-refractivity contribution >= 4 is 23.4 Å². The summed E-state index contributed by atoms with van der Waals surface area (Å²) in [6, 6.07) is 3.67. The van der Waals surface area contributed by atoms with E-state index in [2.05, 4.69) is 0 Å². The van der Waals surface area contributed by atoms with E-state index < -0.39 is 0 Å². The molecule has 15 heavy (non-hydrogen) atoms. The molecule has 0 radical (unpaired) electrons. The van der Waals surface area contributed by atoms with Crippen LogP contribution in [-0.2, 0) is 15.2 Å². The topological polar surface area (TPSA) is 31.6 Å². The molecule has 1 aliphatic rings. The first kappa shape index (κ1) is 11.3. The van der Waals surface area contributed by atoms with Crippen LogP contribution >= 0.6 is 23.4 Å². The molecule has 84 valence electrons. The largest absolute Gasteiger partial charge is 0.449 e. The lowest BCUT2D eigenvalue weighted by atomic mass is 10.5. The van der Waals surface area contributed by atoms with Crippen molar-refractivity contribution in [1.29, 1.82) is 0 Å². The van der Waals surface area contributed by atoms with Gasteiger partial charge < -0.3 is 13.9 Å². The molecule has 1 saturated heterocycles. The van der Waals surface area contributed by atoms with Gasteiger partial charge in [0.2, 0.25) is 0 Å². The van der Waals surface area contributed by atoms with Crippen LogP contribution in [0.15, 0.2) is 16.5 Å². The van der Waals surface area contributed by atoms with Crippen molar-refractivity contribution in [3.05, 3.63) is 23.1 Å². The molecule has 5 heteroatoms. The van der Waals surface area contributed by atoms with Crippen LogP contribution in [0.3, 0.4) is 0 Å². The van der Waals surface area contributed by atoms with Crippen molar-refractivity contribution in [3.63, 3.8) is 0 Å². The van der Waals surface area contributed by atoms with E-state index in [9.17, 15) is 0 Å². The fourth-order valence-electron chi connectivity index (χ4n) is 1.36. The van der Waals surface area contributed by atoms with Crippen LogP contribution in [0.1, 0.15) is 12.2 Å². The zero-order valence-electron chi connectivity index (χ0n) is 8.28. The molecule has 0 amide bonds. The second-order valence-electron chi connectivity index (χ2n) is 3.22. The Morgan fingerprint density at radius 2 is 2.13 bits per heavy atom. The molecular weight excluding hydrogens is 236 g/mol. The number of hydrogen-bond donors (Lipinski definition) is 0. The van der Waals surface area contributed by atoms with Gasteiger partial charge in [-0.1, -0.05) is 0 Å². The van der Waals surface area contributed by atoms with Crippen molar-refractivity contribution in [2.24, 2.45) is 0 Å². The van der Waals surface area contributed by atoms with Gasteiger partial charge in [-0.15, -0.1) is 0 Å². The van der Waals surface area contributed by atoms with Gasteiger partial charge >= 0.3 is 0 Å². The first-order chi connectivity index (χ1) is 7.34. The monoisotopic (exact) mass is 248 g/mol. The number of hydrogen-bond acceptors (Lipinski definition) is 4. The maximum absolute atomic E-state index is 5.66. The average molecular weight is 249 g/mol. The zero-order chi connectivity index (χ0) is 10.5. The molecule has 1 aromatic heterocycles. The molecule has 0 aromatic carbocycles. The maximum Gasteiger partial charge on any atom is 0.193 e. The normalized spacial score (nSPS) is 17.4. The highest BCUT2D eigenvalue weighted by Gasteiger charge is 2.14. The number of furan rings is 1. The first-order valence-corrected chi connectivity index (χ1v) is 6.43. The summed E-state index contributed by atoms with van der Waals surface area (Å²) >= 11 is 7.46. The van der Waals surface area contributed by atoms with Crippen molar-refractivity contribution in [2.45, 2.75) is 18.5 Å². The molecule has 2 rings (SSSR count). The van der Waals surface area contributed by atoms with Gasteiger partial charge in [0.15, 0.2) is 11.5 Å². The highest BCUT2D eigenvalue weighted by Crippen LogP contribution is 2.20. The summed E-state index contributed by atoms with van der Waals surface area (Å²) in [5.41, 5.74) is 0. The molecule has 0 spiro atoms. The summed E-state index contributed by atoms with van der Waals surface area (Å²) in [7, 11) is 0. The van der Waals surface area contributed by atoms with Crippen LogP contribution in [-0.4, -0.2) is 25.3 Å². The molecule has 0 saturated carbocycles. The van der Waals surface area contributed by atoms with Gasteiger partial charge in [0.25, 0.3) is 0 Å². The average Bonchev–Trinajstić information content (AvgIpc) is 2.84. The summed E-state index contributed by atoms with van der Waals surface area (Å²) in [4.78, 5) is 0. The Morgan fingerprint density at radius 3 is 2.80 bits per heavy atom. The minimum absolute atomic E-state index is 0.00214. The lowest BCUT2D eigenvalue weighted by molar-refractivity contribution is -0.0421. The van der Waals surface area contributed by atoms with Crippen molar-refractivity contribution in [3.8, 4) is 0 Å². The predicted molar refractivity (Wildman–Crippen MR) is 60.2 cm³/mol. The lowest BCUT2D eigenvalue weighted by Gasteiger charge is -2.07. The van der Waals surface area contributed by atoms with Crippen molar-refractivity contribution in [2.75, 3.05) is 19.0 Å². The Bertz CT molecular complexity index is 297. The third kappa shape index (κ3) is 3.72. The summed E-state index contributed by atoms with van der Waals surface area (Å²) in [6.45, 7) is 1.45. The number of ether oxygens (including phenoxy) is 2. The van der Waals surface area contributed by atoms with Gasteiger partial charge in [0.1, 0.15) is 5.76 Å². The van der Waals surface area contributed by atoms with Crippen LogP contribution in [0.4, 0.5) is 0 Å². The number of thioether (sulfide) groups is 1. The molecule has 0 bridgehead atoms. The summed E-state index contributed by atoms with van der Waals surface area (Å²) in [5.74, 6) is 2.76. The van der Waals surface area contributed by atoms with Gasteiger partial charge in [-0.2, -0.15) is 11.8 Å². The molecule has 0 unspecified atom stereocenters. The highest BCUT2D eigenvalue weighted by molar-refractivity contribution is 7.98. The second-order valence-corrected chi connectivity index (χ2v) is 4.70. The molecule has 0 N–H and O–H groups in total. The van der Waals surface area contributed by atoms with E-state index in [1.54, 1.807) is 17.8 Å². The van der Waals surface area contributed by atoms with Crippen LogP contribution in [0, 0.1) is 0 Å². The van der Waals surface area contributed by atoms with Crippen LogP contribution in [0.5, 0.6) is 0 Å². The Balaban J connectivity index is 1.58. The van der Waals surface area contributed by atoms with Gasteiger partial charge in [-0.3, -0.25) is 0 Å². The highest BCUT2D eigenvalue weighted by atomic mass is 35.5. The summed E-state index contributed by atoms with van der Waals surface area (Å²) in [5, 5.41) is 0.452. The van der Waals surface area contributed by atoms with Gasteiger partial charge in [-0.05, 0) is 29.5 Å². The SMILES string of the molecule is Clc1ccc(CSCCC2OCCO2)o1. The van der Waals surface area contributed by atoms with E-state index >= 15 is 0 Å². The van der Waals surface area contributed by atoms with E-state index in [-0.39, 0.29) is 6.29 Å². The smallest absolute Gasteiger partial charge is 0.193 e. The van der Waals surface area contributed by atoms with Crippen LogP contribution < -0.4 is 0 Å². The Kier molecular flexibility index (Phi) is 4.38. The summed E-state index contributed by atoms with van der Waals surface area (Å²) in [6.07, 6.45) is 0.928. The van der Waals surface area contributed by atoms with E-state index in [0.29, 0.717) is 5.22 Å². The first-order valence-electron chi connectivity index (χ1n) is 4.90. The fourth-order valence-corrected chi connectivity index (χ4v) is 2.38. The minimum Gasteiger partial charge on any atom is -0.449 e. The zero-order valence-corrected chi connectivity index (χ0v) is 9.85. The lowest BCUT2D eigenvalue weighted by Crippen LogP contribution is -2.08. The van der Waals surface area contributed by atoms with E-state index in [1.165, 1.54) is 0 Å². The Hall–Kier alpha value is -0.160. The third-order valence-corrected chi connectivity index (χ3v) is 3.28. The second kappa shape index (κ2) is 5.80. The molecule has 1 aliphatic heterocycles. The Labute approximate surface area is 98.1 Å². The Morgan fingerprint density at radius 1 is 1.33 bits per heavy atom. The standard InChI is InChI=1S/C10H13ClO3S/c11-9-2-1-8(14-9)7-15-6-3-10-12-4-5-13-10/h1-2,10H,3-7H2. The van der Waals surface area contributed by atoms with Crippen molar-refractivity contribution < 1.29 is 13.9 Å². The van der Waals surface area contributed by atoms with E-state index in [0.717, 1.165) is 36.9 Å². The van der Waals surface area contributed by atoms with Gasteiger partial charge in [-0.25, -0.2) is 0 Å². The number of halogens is 1. The van der Waals surface area contributed by atoms with Gasteiger partial charge in [0, 0.05) is 6.42 Å². The molecular formula is C10H13ClO3S. The minimum atomic E-state index is -0.00214. The summed E-state index contributed by atoms with van der Waals surface area (Å²) < 4.78 is 15.9. The van der Waals surface area contributed by atoms with E-state index in [4.69, 9.17) is 25.5 Å². The quantitative estimate of drug-likeness (QED) is 0.750. The maximum atomic E-state index is 5.66. The van der Waals surface area contributed by atoms with Gasteiger partial charge in [0.05, 0.1) is 19.0 Å². The van der Waals surface area contributed by atoms with E-state index in [1.807, 2.05) is 6.07 Å². The van der Waals surface area contributed by atoms with Crippen LogP contribution in [0.25, 0.3) is 0 Å². The van der Waals surface area contributed by atoms with Crippen molar-refractivity contribution in [1.82, 2.24) is 0 Å². The molecule has 0 atom stereocenters. The van der Waals surface area contributed by atoms with Crippen LogP contribution in [0.2, 0.25) is 5.22 Å². The predicted octanol–water partition coefficient (Wildman–Crippen LogP) is 2.93. The molecule has 0 aliphatic carbocycles. The molecule has 1 aromatic rings. The molecule has 1 fully saturated rings. The molecule has 2 heterocycles.